The number of para-hydroxylation sites is 1. The predicted molar refractivity (Wildman–Crippen MR) is 166 cm³/mol. The Hall–Kier alpha value is -5.61. The van der Waals surface area contributed by atoms with Crippen LogP contribution in [-0.4, -0.2) is 15.0 Å². The molecule has 2 aromatic heterocycles. The summed E-state index contributed by atoms with van der Waals surface area (Å²) >= 11 is 0. The first-order valence-electron chi connectivity index (χ1n) is 13.6. The SMILES string of the molecule is c1ccc(-c2cc(-c3nc(-c4ccccc4)nc(-c4cccc5ccccc45)n3)c3c(c2)oc2ccccc23)cc1. The Morgan fingerprint density at radius 2 is 1.00 bits per heavy atom. The quantitative estimate of drug-likeness (QED) is 0.230. The Balaban J connectivity index is 1.46. The highest BCUT2D eigenvalue weighted by atomic mass is 16.3. The molecule has 0 N–H and O–H groups in total. The lowest BCUT2D eigenvalue weighted by molar-refractivity contribution is 0.669. The van der Waals surface area contributed by atoms with Gasteiger partial charge in [-0.2, -0.15) is 0 Å². The highest BCUT2D eigenvalue weighted by molar-refractivity contribution is 6.13. The molecule has 0 unspecified atom stereocenters. The number of benzene rings is 6. The van der Waals surface area contributed by atoms with Gasteiger partial charge in [-0.25, -0.2) is 15.0 Å². The summed E-state index contributed by atoms with van der Waals surface area (Å²) in [6, 6.07) is 47.4. The van der Waals surface area contributed by atoms with E-state index in [1.807, 2.05) is 66.7 Å². The molecule has 0 saturated carbocycles. The third kappa shape index (κ3) is 4.05. The Bertz CT molecular complexity index is 2200. The Kier molecular flexibility index (Phi) is 5.42. The zero-order valence-electron chi connectivity index (χ0n) is 22.0. The molecule has 192 valence electrons. The summed E-state index contributed by atoms with van der Waals surface area (Å²) in [5.74, 6) is 1.87. The fourth-order valence-electron chi connectivity index (χ4n) is 5.58. The van der Waals surface area contributed by atoms with Crippen LogP contribution >= 0.6 is 0 Å². The van der Waals surface area contributed by atoms with Crippen molar-refractivity contribution in [1.82, 2.24) is 15.0 Å². The summed E-state index contributed by atoms with van der Waals surface area (Å²) < 4.78 is 6.39. The van der Waals surface area contributed by atoms with Gasteiger partial charge in [0.25, 0.3) is 0 Å². The van der Waals surface area contributed by atoms with Crippen molar-refractivity contribution in [2.75, 3.05) is 0 Å². The summed E-state index contributed by atoms with van der Waals surface area (Å²) in [6.45, 7) is 0. The van der Waals surface area contributed by atoms with Gasteiger partial charge in [-0.3, -0.25) is 0 Å². The van der Waals surface area contributed by atoms with Gasteiger partial charge in [-0.1, -0.05) is 121 Å². The van der Waals surface area contributed by atoms with E-state index in [4.69, 9.17) is 19.4 Å². The lowest BCUT2D eigenvalue weighted by Crippen LogP contribution is -2.01. The lowest BCUT2D eigenvalue weighted by Gasteiger charge is -2.12. The summed E-state index contributed by atoms with van der Waals surface area (Å²) in [5.41, 5.74) is 6.59. The van der Waals surface area contributed by atoms with Crippen LogP contribution < -0.4 is 0 Å². The molecule has 0 aliphatic carbocycles. The minimum absolute atomic E-state index is 0.608. The number of nitrogens with zero attached hydrogens (tertiary/aromatic N) is 3. The van der Waals surface area contributed by atoms with Gasteiger partial charge in [0, 0.05) is 27.5 Å². The van der Waals surface area contributed by atoms with Crippen molar-refractivity contribution in [2.24, 2.45) is 0 Å². The van der Waals surface area contributed by atoms with Gasteiger partial charge < -0.3 is 4.42 Å². The first-order valence-corrected chi connectivity index (χ1v) is 13.6. The molecule has 6 aromatic carbocycles. The highest BCUT2D eigenvalue weighted by Gasteiger charge is 2.20. The Morgan fingerprint density at radius 3 is 1.80 bits per heavy atom. The molecule has 4 heteroatoms. The second-order valence-electron chi connectivity index (χ2n) is 10.1. The molecule has 8 rings (SSSR count). The second-order valence-corrected chi connectivity index (χ2v) is 10.1. The zero-order chi connectivity index (χ0) is 27.2. The molecule has 0 aliphatic rings. The molecule has 0 fully saturated rings. The molecule has 0 radical (unpaired) electrons. The first kappa shape index (κ1) is 23.3. The number of hydrogen-bond donors (Lipinski definition) is 0. The summed E-state index contributed by atoms with van der Waals surface area (Å²) in [4.78, 5) is 15.3. The average Bonchev–Trinajstić information content (AvgIpc) is 3.43. The smallest absolute Gasteiger partial charge is 0.164 e. The van der Waals surface area contributed by atoms with Crippen LogP contribution in [0.3, 0.4) is 0 Å². The monoisotopic (exact) mass is 525 g/mol. The zero-order valence-corrected chi connectivity index (χ0v) is 22.0. The predicted octanol–water partition coefficient (Wildman–Crippen LogP) is 9.59. The lowest BCUT2D eigenvalue weighted by atomic mass is 9.98. The van der Waals surface area contributed by atoms with Gasteiger partial charge in [-0.05, 0) is 40.1 Å². The maximum Gasteiger partial charge on any atom is 0.164 e. The normalized spacial score (nSPS) is 11.4. The maximum atomic E-state index is 6.39. The van der Waals surface area contributed by atoms with Crippen LogP contribution in [0.5, 0.6) is 0 Å². The molecule has 0 atom stereocenters. The first-order chi connectivity index (χ1) is 20.3. The summed E-state index contributed by atoms with van der Waals surface area (Å²) in [5, 5.41) is 4.27. The van der Waals surface area contributed by atoms with E-state index >= 15 is 0 Å². The summed E-state index contributed by atoms with van der Waals surface area (Å²) in [7, 11) is 0. The van der Waals surface area contributed by atoms with E-state index in [9.17, 15) is 0 Å². The fourth-order valence-corrected chi connectivity index (χ4v) is 5.58. The standard InChI is InChI=1S/C37H23N3O/c1-3-12-24(13-4-1)27-22-31(34-30-19-9-10-21-32(30)41-33(34)23-27)37-39-35(26-15-5-2-6-16-26)38-36(40-37)29-20-11-17-25-14-7-8-18-28(25)29/h1-23H. The maximum absolute atomic E-state index is 6.39. The minimum atomic E-state index is 0.608. The van der Waals surface area contributed by atoms with Crippen LogP contribution in [0.4, 0.5) is 0 Å². The molecule has 0 saturated heterocycles. The van der Waals surface area contributed by atoms with E-state index in [-0.39, 0.29) is 0 Å². The Labute approximate surface area is 236 Å². The van der Waals surface area contributed by atoms with E-state index in [0.29, 0.717) is 17.5 Å². The van der Waals surface area contributed by atoms with Gasteiger partial charge in [0.15, 0.2) is 17.5 Å². The van der Waals surface area contributed by atoms with Crippen molar-refractivity contribution in [3.63, 3.8) is 0 Å². The Morgan fingerprint density at radius 1 is 0.390 bits per heavy atom. The second kappa shape index (κ2) is 9.54. The molecule has 2 heterocycles. The van der Waals surface area contributed by atoms with Crippen LogP contribution in [0.15, 0.2) is 144 Å². The number of rotatable bonds is 4. The topological polar surface area (TPSA) is 51.8 Å². The van der Waals surface area contributed by atoms with E-state index in [0.717, 1.165) is 60.5 Å². The van der Waals surface area contributed by atoms with Crippen molar-refractivity contribution in [3.8, 4) is 45.3 Å². The van der Waals surface area contributed by atoms with Crippen LogP contribution in [0.1, 0.15) is 0 Å². The third-order valence-corrected chi connectivity index (χ3v) is 7.52. The number of aromatic nitrogens is 3. The largest absolute Gasteiger partial charge is 0.456 e. The van der Waals surface area contributed by atoms with Crippen LogP contribution in [-0.2, 0) is 0 Å². The van der Waals surface area contributed by atoms with E-state index in [1.165, 1.54) is 0 Å². The molecule has 4 nitrogen and oxygen atoms in total. The number of furan rings is 1. The van der Waals surface area contributed by atoms with Gasteiger partial charge in [-0.15, -0.1) is 0 Å². The molecule has 0 amide bonds. The number of fused-ring (bicyclic) bond motifs is 4. The van der Waals surface area contributed by atoms with E-state index < -0.39 is 0 Å². The van der Waals surface area contributed by atoms with Crippen molar-refractivity contribution in [2.45, 2.75) is 0 Å². The van der Waals surface area contributed by atoms with Gasteiger partial charge in [0.05, 0.1) is 0 Å². The van der Waals surface area contributed by atoms with Crippen LogP contribution in [0, 0.1) is 0 Å². The number of hydrogen-bond acceptors (Lipinski definition) is 4. The minimum Gasteiger partial charge on any atom is -0.456 e. The molecule has 41 heavy (non-hydrogen) atoms. The molecule has 0 bridgehead atoms. The van der Waals surface area contributed by atoms with Crippen molar-refractivity contribution in [1.29, 1.82) is 0 Å². The fraction of sp³-hybridized carbons (Fsp3) is 0. The van der Waals surface area contributed by atoms with E-state index in [1.54, 1.807) is 0 Å². The highest BCUT2D eigenvalue weighted by Crippen LogP contribution is 2.40. The van der Waals surface area contributed by atoms with Gasteiger partial charge in [0.2, 0.25) is 0 Å². The average molecular weight is 526 g/mol. The van der Waals surface area contributed by atoms with Crippen molar-refractivity contribution < 1.29 is 4.42 Å². The van der Waals surface area contributed by atoms with Gasteiger partial charge in [0.1, 0.15) is 11.2 Å². The van der Waals surface area contributed by atoms with Crippen LogP contribution in [0.2, 0.25) is 0 Å². The molecule has 8 aromatic rings. The van der Waals surface area contributed by atoms with Crippen molar-refractivity contribution >= 4 is 32.7 Å². The van der Waals surface area contributed by atoms with E-state index in [2.05, 4.69) is 72.8 Å². The third-order valence-electron chi connectivity index (χ3n) is 7.52. The summed E-state index contributed by atoms with van der Waals surface area (Å²) in [6.07, 6.45) is 0. The van der Waals surface area contributed by atoms with Gasteiger partial charge >= 0.3 is 0 Å². The molecule has 0 spiro atoms. The van der Waals surface area contributed by atoms with Crippen LogP contribution in [0.25, 0.3) is 78.0 Å². The molecule has 0 aliphatic heterocycles. The van der Waals surface area contributed by atoms with Crippen molar-refractivity contribution in [3.05, 3.63) is 140 Å². The molecular weight excluding hydrogens is 502 g/mol. The molecular formula is C37H23N3O.